The van der Waals surface area contributed by atoms with Gasteiger partial charge < -0.3 is 4.89 Å². The summed E-state index contributed by atoms with van der Waals surface area (Å²) in [5, 5.41) is 7.59. The Bertz CT molecular complexity index is 330. The van der Waals surface area contributed by atoms with Crippen molar-refractivity contribution in [1.29, 1.82) is 5.26 Å². The van der Waals surface area contributed by atoms with Gasteiger partial charge in [0.05, 0.1) is 6.07 Å². The number of carbonyl (C=O) groups is 1. The Labute approximate surface area is 82.3 Å². The molecule has 0 aliphatic heterocycles. The minimum atomic E-state index is -5.27. The first kappa shape index (κ1) is 13.9. The van der Waals surface area contributed by atoms with Crippen LogP contribution in [0.5, 0.6) is 0 Å². The van der Waals surface area contributed by atoms with Crippen LogP contribution >= 0.6 is 7.60 Å². The van der Waals surface area contributed by atoms with Crippen molar-refractivity contribution in [3.8, 4) is 6.07 Å². The first-order valence-electron chi connectivity index (χ1n) is 3.33. The van der Waals surface area contributed by atoms with Crippen LogP contribution < -0.4 is 0 Å². The van der Waals surface area contributed by atoms with E-state index in [0.717, 1.165) is 0 Å². The highest BCUT2D eigenvalue weighted by molar-refractivity contribution is 7.51. The number of rotatable bonds is 3. The van der Waals surface area contributed by atoms with E-state index in [9.17, 15) is 22.5 Å². The van der Waals surface area contributed by atoms with E-state index >= 15 is 0 Å². The summed E-state index contributed by atoms with van der Waals surface area (Å²) in [6.07, 6.45) is -5.27. The van der Waals surface area contributed by atoms with Crippen molar-refractivity contribution in [1.82, 2.24) is 5.06 Å². The molecule has 0 heterocycles. The van der Waals surface area contributed by atoms with E-state index in [1.807, 2.05) is 0 Å². The molecule has 6 nitrogen and oxygen atoms in total. The number of hydrogen-bond acceptors (Lipinski definition) is 4. The fourth-order valence-electron chi connectivity index (χ4n) is 0.526. The molecule has 0 spiro atoms. The number of nitrogens with zero attached hydrogens (tertiary/aromatic N) is 2. The summed E-state index contributed by atoms with van der Waals surface area (Å²) in [5.74, 6) is -2.51. The Morgan fingerprint density at radius 1 is 1.67 bits per heavy atom. The SMILES string of the molecule is CP(=O)(O)ON(CC#N)C(=O)C(F)(F)F. The second kappa shape index (κ2) is 4.61. The van der Waals surface area contributed by atoms with Gasteiger partial charge in [-0.1, -0.05) is 0 Å². The maximum Gasteiger partial charge on any atom is 0.473 e. The van der Waals surface area contributed by atoms with E-state index in [-0.39, 0.29) is 0 Å². The molecule has 0 aromatic carbocycles. The molecule has 0 fully saturated rings. The van der Waals surface area contributed by atoms with Crippen LogP contribution in [0.3, 0.4) is 0 Å². The Morgan fingerprint density at radius 2 is 2.13 bits per heavy atom. The molecule has 0 saturated heterocycles. The Hall–Kier alpha value is -1.10. The maximum atomic E-state index is 11.8. The minimum absolute atomic E-state index is 0.499. The molecule has 1 N–H and O–H groups in total. The van der Waals surface area contributed by atoms with Gasteiger partial charge in [0.15, 0.2) is 0 Å². The Morgan fingerprint density at radius 3 is 2.40 bits per heavy atom. The number of amides is 1. The molecule has 10 heteroatoms. The molecule has 1 atom stereocenters. The zero-order chi connectivity index (χ0) is 12.3. The molecule has 0 radical (unpaired) electrons. The van der Waals surface area contributed by atoms with E-state index < -0.39 is 31.3 Å². The van der Waals surface area contributed by atoms with Gasteiger partial charge in [-0.25, -0.2) is 0 Å². The summed E-state index contributed by atoms with van der Waals surface area (Å²) >= 11 is 0. The Balaban J connectivity index is 4.77. The smallest absolute Gasteiger partial charge is 0.323 e. The average Bonchev–Trinajstić information content (AvgIpc) is 1.98. The van der Waals surface area contributed by atoms with Crippen LogP contribution in [-0.2, 0) is 14.0 Å². The molecule has 0 aliphatic rings. The van der Waals surface area contributed by atoms with Crippen molar-refractivity contribution >= 4 is 13.5 Å². The third-order valence-corrected chi connectivity index (χ3v) is 1.43. The first-order valence-corrected chi connectivity index (χ1v) is 5.36. The lowest BCUT2D eigenvalue weighted by Gasteiger charge is -2.20. The predicted octanol–water partition coefficient (Wildman–Crippen LogP) is 0.648. The molecule has 0 aliphatic carbocycles. The molecule has 1 amide bonds. The van der Waals surface area contributed by atoms with Gasteiger partial charge in [0.2, 0.25) is 0 Å². The molecular formula is C5H6F3N2O4P. The summed E-state index contributed by atoms with van der Waals surface area (Å²) in [7, 11) is -4.32. The van der Waals surface area contributed by atoms with Crippen molar-refractivity contribution in [3.05, 3.63) is 0 Å². The molecule has 0 bridgehead atoms. The van der Waals surface area contributed by atoms with Crippen LogP contribution in [-0.4, -0.2) is 35.2 Å². The molecule has 0 rings (SSSR count). The quantitative estimate of drug-likeness (QED) is 0.448. The lowest BCUT2D eigenvalue weighted by Crippen LogP contribution is -2.40. The van der Waals surface area contributed by atoms with Crippen molar-refractivity contribution in [3.63, 3.8) is 0 Å². The van der Waals surface area contributed by atoms with Crippen LogP contribution in [0, 0.1) is 11.3 Å². The Kier molecular flexibility index (Phi) is 4.27. The summed E-state index contributed by atoms with van der Waals surface area (Å²) in [5.41, 5.74) is 0. The van der Waals surface area contributed by atoms with Gasteiger partial charge in [-0.15, -0.1) is 0 Å². The normalized spacial score (nSPS) is 15.2. The molecule has 0 aromatic heterocycles. The lowest BCUT2D eigenvalue weighted by molar-refractivity contribution is -0.208. The van der Waals surface area contributed by atoms with Crippen molar-refractivity contribution in [2.45, 2.75) is 6.18 Å². The monoisotopic (exact) mass is 246 g/mol. The van der Waals surface area contributed by atoms with Crippen LogP contribution in [0.2, 0.25) is 0 Å². The summed E-state index contributed by atoms with van der Waals surface area (Å²) in [6, 6.07) is 1.19. The fourth-order valence-corrected chi connectivity index (χ4v) is 1.02. The molecule has 1 unspecified atom stereocenters. The molecule has 0 aromatic rings. The number of alkyl halides is 3. The first-order chi connectivity index (χ1) is 6.58. The van der Waals surface area contributed by atoms with E-state index in [4.69, 9.17) is 10.2 Å². The van der Waals surface area contributed by atoms with Gasteiger partial charge in [0, 0.05) is 6.66 Å². The van der Waals surface area contributed by atoms with E-state index in [2.05, 4.69) is 4.62 Å². The van der Waals surface area contributed by atoms with Gasteiger partial charge in [-0.3, -0.25) is 9.36 Å². The molecule has 15 heavy (non-hydrogen) atoms. The second-order valence-electron chi connectivity index (χ2n) is 2.38. The van der Waals surface area contributed by atoms with Crippen LogP contribution in [0.1, 0.15) is 0 Å². The molecule has 86 valence electrons. The van der Waals surface area contributed by atoms with E-state index in [1.165, 1.54) is 6.07 Å². The average molecular weight is 246 g/mol. The molecular weight excluding hydrogens is 240 g/mol. The second-order valence-corrected chi connectivity index (χ2v) is 4.15. The topological polar surface area (TPSA) is 90.6 Å². The largest absolute Gasteiger partial charge is 0.473 e. The van der Waals surface area contributed by atoms with E-state index in [0.29, 0.717) is 6.66 Å². The van der Waals surface area contributed by atoms with E-state index in [1.54, 1.807) is 0 Å². The van der Waals surface area contributed by atoms with Crippen molar-refractivity contribution in [2.24, 2.45) is 0 Å². The lowest BCUT2D eigenvalue weighted by atomic mass is 10.5. The summed E-state index contributed by atoms with van der Waals surface area (Å²) < 4.78 is 50.0. The van der Waals surface area contributed by atoms with Gasteiger partial charge >= 0.3 is 19.7 Å². The minimum Gasteiger partial charge on any atom is -0.323 e. The number of carbonyl (C=O) groups excluding carboxylic acids is 1. The number of hydroxylamine groups is 2. The highest BCUT2D eigenvalue weighted by Gasteiger charge is 2.44. The third kappa shape index (κ3) is 5.37. The number of halogens is 3. The van der Waals surface area contributed by atoms with Gasteiger partial charge in [-0.05, 0) is 0 Å². The number of hydrogen-bond donors (Lipinski definition) is 1. The summed E-state index contributed by atoms with van der Waals surface area (Å²) in [6.45, 7) is -0.516. The number of nitriles is 1. The zero-order valence-electron chi connectivity index (χ0n) is 7.35. The highest BCUT2D eigenvalue weighted by atomic mass is 31.2. The predicted molar refractivity (Wildman–Crippen MR) is 40.2 cm³/mol. The van der Waals surface area contributed by atoms with Crippen molar-refractivity contribution < 1.29 is 32.0 Å². The van der Waals surface area contributed by atoms with Crippen LogP contribution in [0.25, 0.3) is 0 Å². The van der Waals surface area contributed by atoms with Crippen LogP contribution in [0.15, 0.2) is 0 Å². The van der Waals surface area contributed by atoms with Gasteiger partial charge in [0.1, 0.15) is 6.54 Å². The summed E-state index contributed by atoms with van der Waals surface area (Å²) in [4.78, 5) is 19.1. The zero-order valence-corrected chi connectivity index (χ0v) is 8.25. The van der Waals surface area contributed by atoms with Gasteiger partial charge in [0.25, 0.3) is 0 Å². The van der Waals surface area contributed by atoms with Crippen LogP contribution in [0.4, 0.5) is 13.2 Å². The van der Waals surface area contributed by atoms with Crippen molar-refractivity contribution in [2.75, 3.05) is 13.2 Å². The highest BCUT2D eigenvalue weighted by Crippen LogP contribution is 2.38. The maximum absolute atomic E-state index is 11.8. The van der Waals surface area contributed by atoms with Gasteiger partial charge in [-0.2, -0.15) is 28.1 Å². The fraction of sp³-hybridized carbons (Fsp3) is 0.600. The standard InChI is InChI=1S/C5H6F3N2O4P/c1-15(12,13)14-10(3-2-9)4(11)5(6,7)8/h3H2,1H3,(H,12,13). The third-order valence-electron chi connectivity index (χ3n) is 0.933. The molecule has 0 saturated carbocycles.